The van der Waals surface area contributed by atoms with Crippen LogP contribution in [0, 0.1) is 71.5 Å². The van der Waals surface area contributed by atoms with Gasteiger partial charge in [0.15, 0.2) is 0 Å². The Bertz CT molecular complexity index is 552. The van der Waals surface area contributed by atoms with Gasteiger partial charge in [0.2, 0.25) is 0 Å². The standard InChI is InChI=1S/C20H34O.C2H3N.2C2H6.2C2H2/c1-19-11-4-5-17(19)16-9-7-14-6-8-15(21-3)13-20(14,2)18(16)10-12-19;1-2-3;4*1-2/h14-18H,4-13H2,1-3H3;1H3;2*1-2H3;2*1-2H. The van der Waals surface area contributed by atoms with Crippen molar-refractivity contribution in [1.82, 2.24) is 0 Å². The van der Waals surface area contributed by atoms with E-state index in [4.69, 9.17) is 10.00 Å². The van der Waals surface area contributed by atoms with Crippen molar-refractivity contribution in [3.63, 3.8) is 0 Å². The highest BCUT2D eigenvalue weighted by molar-refractivity contribution is 5.07. The fraction of sp³-hybridized carbons (Fsp3) is 0.833. The highest BCUT2D eigenvalue weighted by atomic mass is 16.5. The van der Waals surface area contributed by atoms with E-state index in [1.165, 1.54) is 64.7 Å². The lowest BCUT2D eigenvalue weighted by atomic mass is 9.45. The second-order valence-corrected chi connectivity index (χ2v) is 9.60. The highest BCUT2D eigenvalue weighted by Gasteiger charge is 2.57. The molecular weight excluding hydrogens is 390 g/mol. The molecule has 0 aromatic heterocycles. The van der Waals surface area contributed by atoms with E-state index in [9.17, 15) is 0 Å². The average molecular weight is 444 g/mol. The molecule has 4 rings (SSSR count). The van der Waals surface area contributed by atoms with Crippen molar-refractivity contribution < 1.29 is 4.74 Å². The summed E-state index contributed by atoms with van der Waals surface area (Å²) < 4.78 is 5.79. The van der Waals surface area contributed by atoms with Crippen molar-refractivity contribution in [2.24, 2.45) is 34.5 Å². The zero-order chi connectivity index (χ0) is 25.4. The third-order valence-corrected chi connectivity index (χ3v) is 8.68. The molecule has 0 amide bonds. The van der Waals surface area contributed by atoms with E-state index in [-0.39, 0.29) is 0 Å². The van der Waals surface area contributed by atoms with E-state index in [0.29, 0.717) is 16.9 Å². The molecule has 0 saturated heterocycles. The molecule has 0 spiro atoms. The topological polar surface area (TPSA) is 33.0 Å². The zero-order valence-electron chi connectivity index (χ0n) is 22.6. The molecule has 184 valence electrons. The third-order valence-electron chi connectivity index (χ3n) is 8.68. The molecule has 0 heterocycles. The van der Waals surface area contributed by atoms with Gasteiger partial charge in [-0.3, -0.25) is 0 Å². The first-order chi connectivity index (χ1) is 15.5. The number of hydrogen-bond donors (Lipinski definition) is 0. The lowest BCUT2D eigenvalue weighted by Gasteiger charge is -2.60. The van der Waals surface area contributed by atoms with E-state index in [2.05, 4.69) is 39.5 Å². The number of nitriles is 1. The number of rotatable bonds is 1. The number of terminal acetylenes is 2. The predicted octanol–water partition coefficient (Wildman–Crippen LogP) is 8.52. The molecule has 0 N–H and O–H groups in total. The van der Waals surface area contributed by atoms with E-state index < -0.39 is 0 Å². The van der Waals surface area contributed by atoms with Crippen molar-refractivity contribution in [3.05, 3.63) is 0 Å². The lowest BCUT2D eigenvalue weighted by Crippen LogP contribution is -2.53. The van der Waals surface area contributed by atoms with Crippen molar-refractivity contribution >= 4 is 0 Å². The molecule has 4 saturated carbocycles. The monoisotopic (exact) mass is 443 g/mol. The summed E-state index contributed by atoms with van der Waals surface area (Å²) in [6, 6.07) is 1.75. The Balaban J connectivity index is 0. The Labute approximate surface area is 202 Å². The van der Waals surface area contributed by atoms with Crippen molar-refractivity contribution in [2.45, 2.75) is 119 Å². The number of ether oxygens (including phenoxy) is 1. The Morgan fingerprint density at radius 3 is 1.88 bits per heavy atom. The van der Waals surface area contributed by atoms with Crippen molar-refractivity contribution in [3.8, 4) is 31.8 Å². The minimum atomic E-state index is 0.543. The van der Waals surface area contributed by atoms with Gasteiger partial charge in [0.1, 0.15) is 0 Å². The van der Waals surface area contributed by atoms with Gasteiger partial charge in [0.05, 0.1) is 12.2 Å². The van der Waals surface area contributed by atoms with Crippen LogP contribution in [0.3, 0.4) is 0 Å². The highest BCUT2D eigenvalue weighted by Crippen LogP contribution is 2.66. The Morgan fingerprint density at radius 1 is 0.812 bits per heavy atom. The predicted molar refractivity (Wildman–Crippen MR) is 141 cm³/mol. The van der Waals surface area contributed by atoms with E-state index in [0.717, 1.165) is 23.7 Å². The zero-order valence-corrected chi connectivity index (χ0v) is 22.6. The quantitative estimate of drug-likeness (QED) is 0.380. The summed E-state index contributed by atoms with van der Waals surface area (Å²) in [4.78, 5) is 0. The van der Waals surface area contributed by atoms with Crippen LogP contribution in [0.15, 0.2) is 0 Å². The molecule has 0 bridgehead atoms. The summed E-state index contributed by atoms with van der Waals surface area (Å²) in [5.41, 5.74) is 1.30. The Kier molecular flexibility index (Phi) is 17.5. The van der Waals surface area contributed by atoms with Crippen molar-refractivity contribution in [1.29, 1.82) is 5.26 Å². The minimum absolute atomic E-state index is 0.543. The summed E-state index contributed by atoms with van der Waals surface area (Å²) in [6.45, 7) is 14.7. The maximum Gasteiger partial charge on any atom is 0.0587 e. The number of fused-ring (bicyclic) bond motifs is 5. The molecule has 0 aliphatic heterocycles. The fourth-order valence-corrected chi connectivity index (χ4v) is 7.50. The van der Waals surface area contributed by atoms with E-state index >= 15 is 0 Å². The van der Waals surface area contributed by atoms with Gasteiger partial charge in [0, 0.05) is 14.0 Å². The number of methoxy groups -OCH3 is 1. The molecule has 32 heavy (non-hydrogen) atoms. The number of nitrogens with zero attached hydrogens (tertiary/aromatic N) is 1. The van der Waals surface area contributed by atoms with Crippen LogP contribution in [0.5, 0.6) is 0 Å². The van der Waals surface area contributed by atoms with Gasteiger partial charge < -0.3 is 4.74 Å². The Morgan fingerprint density at radius 2 is 1.34 bits per heavy atom. The second kappa shape index (κ2) is 17.1. The van der Waals surface area contributed by atoms with Gasteiger partial charge in [-0.25, -0.2) is 0 Å². The largest absolute Gasteiger partial charge is 0.381 e. The Hall–Kier alpha value is -1.43. The molecule has 0 aromatic carbocycles. The maximum absolute atomic E-state index is 7.32. The van der Waals surface area contributed by atoms with Crippen LogP contribution in [0.25, 0.3) is 0 Å². The SMILES string of the molecule is C#C.C#C.CC.CC.CC#N.COC1CCC2CCC3C4CCCC4(C)CCC3C2(C)C1. The summed E-state index contributed by atoms with van der Waals surface area (Å²) >= 11 is 0. The van der Waals surface area contributed by atoms with Gasteiger partial charge in [-0.2, -0.15) is 5.26 Å². The summed E-state index contributed by atoms with van der Waals surface area (Å²) in [5, 5.41) is 7.32. The first kappa shape index (κ1) is 32.7. The molecule has 7 unspecified atom stereocenters. The lowest BCUT2D eigenvalue weighted by molar-refractivity contribution is -0.130. The van der Waals surface area contributed by atoms with Crippen molar-refractivity contribution in [2.75, 3.05) is 7.11 Å². The van der Waals surface area contributed by atoms with Crippen LogP contribution in [0.4, 0.5) is 0 Å². The number of hydrogen-bond acceptors (Lipinski definition) is 2. The van der Waals surface area contributed by atoms with E-state index in [1.807, 2.05) is 34.8 Å². The van der Waals surface area contributed by atoms with Crippen LogP contribution < -0.4 is 0 Å². The second-order valence-electron chi connectivity index (χ2n) is 9.60. The van der Waals surface area contributed by atoms with Gasteiger partial charge >= 0.3 is 0 Å². The fourth-order valence-electron chi connectivity index (χ4n) is 7.50. The van der Waals surface area contributed by atoms with Gasteiger partial charge in [-0.05, 0) is 92.3 Å². The van der Waals surface area contributed by atoms with Gasteiger partial charge in [0.25, 0.3) is 0 Å². The molecule has 4 fully saturated rings. The molecular formula is C30H53NO. The molecule has 2 nitrogen and oxygen atoms in total. The van der Waals surface area contributed by atoms with Gasteiger partial charge in [-0.1, -0.05) is 48.0 Å². The molecule has 4 aliphatic carbocycles. The first-order valence-electron chi connectivity index (χ1n) is 13.0. The molecule has 0 aromatic rings. The summed E-state index contributed by atoms with van der Waals surface area (Å²) in [7, 11) is 1.93. The first-order valence-corrected chi connectivity index (χ1v) is 13.0. The van der Waals surface area contributed by atoms with Crippen LogP contribution in [0.2, 0.25) is 0 Å². The maximum atomic E-state index is 7.32. The summed E-state index contributed by atoms with van der Waals surface area (Å²) in [5.74, 6) is 4.10. The van der Waals surface area contributed by atoms with Crippen LogP contribution in [0.1, 0.15) is 113 Å². The normalized spacial score (nSPS) is 37.8. The molecule has 0 radical (unpaired) electrons. The minimum Gasteiger partial charge on any atom is -0.381 e. The van der Waals surface area contributed by atoms with E-state index in [1.54, 1.807) is 12.5 Å². The third kappa shape index (κ3) is 7.29. The molecule has 7 atom stereocenters. The summed E-state index contributed by atoms with van der Waals surface area (Å²) in [6.07, 6.45) is 31.3. The van der Waals surface area contributed by atoms with Crippen LogP contribution >= 0.6 is 0 Å². The van der Waals surface area contributed by atoms with Crippen LogP contribution in [-0.4, -0.2) is 13.2 Å². The molecule has 4 aliphatic rings. The van der Waals surface area contributed by atoms with Gasteiger partial charge in [-0.15, -0.1) is 25.7 Å². The van der Waals surface area contributed by atoms with Crippen LogP contribution in [-0.2, 0) is 4.74 Å². The smallest absolute Gasteiger partial charge is 0.0587 e. The molecule has 2 heteroatoms. The average Bonchev–Trinajstić information content (AvgIpc) is 3.26.